The van der Waals surface area contributed by atoms with E-state index in [4.69, 9.17) is 14.6 Å². The van der Waals surface area contributed by atoms with E-state index in [1.165, 1.54) is 32.1 Å². The van der Waals surface area contributed by atoms with Crippen LogP contribution in [0.5, 0.6) is 0 Å². The zero-order valence-electron chi connectivity index (χ0n) is 12.8. The van der Waals surface area contributed by atoms with Gasteiger partial charge >= 0.3 is 5.97 Å². The van der Waals surface area contributed by atoms with Gasteiger partial charge in [0.05, 0.1) is 24.7 Å². The van der Waals surface area contributed by atoms with Crippen molar-refractivity contribution in [2.24, 2.45) is 0 Å². The molecular formula is C16H27NO4. The van der Waals surface area contributed by atoms with Crippen LogP contribution in [0.4, 0.5) is 0 Å². The third kappa shape index (κ3) is 3.76. The van der Waals surface area contributed by atoms with Crippen molar-refractivity contribution in [3.8, 4) is 0 Å². The molecule has 21 heavy (non-hydrogen) atoms. The number of aliphatic carboxylic acids is 1. The number of morpholine rings is 1. The zero-order valence-corrected chi connectivity index (χ0v) is 12.8. The normalized spacial score (nSPS) is 33.9. The lowest BCUT2D eigenvalue weighted by atomic mass is 9.78. The van der Waals surface area contributed by atoms with Crippen molar-refractivity contribution >= 4 is 5.97 Å². The van der Waals surface area contributed by atoms with Crippen LogP contribution in [0.3, 0.4) is 0 Å². The predicted octanol–water partition coefficient (Wildman–Crippen LogP) is 2.04. The average Bonchev–Trinajstić information content (AvgIpc) is 2.48. The Morgan fingerprint density at radius 3 is 2.81 bits per heavy atom. The molecule has 0 radical (unpaired) electrons. The molecule has 0 bridgehead atoms. The van der Waals surface area contributed by atoms with Crippen LogP contribution in [0, 0.1) is 0 Å². The summed E-state index contributed by atoms with van der Waals surface area (Å²) in [4.78, 5) is 13.3. The van der Waals surface area contributed by atoms with Gasteiger partial charge in [-0.05, 0) is 25.7 Å². The highest BCUT2D eigenvalue weighted by molar-refractivity contribution is 5.67. The van der Waals surface area contributed by atoms with E-state index in [0.717, 1.165) is 32.5 Å². The number of ether oxygens (including phenoxy) is 2. The van der Waals surface area contributed by atoms with Crippen LogP contribution in [0.25, 0.3) is 0 Å². The van der Waals surface area contributed by atoms with E-state index >= 15 is 0 Å². The molecule has 2 saturated heterocycles. The first-order valence-corrected chi connectivity index (χ1v) is 8.38. The van der Waals surface area contributed by atoms with Crippen LogP contribution in [0.2, 0.25) is 0 Å². The summed E-state index contributed by atoms with van der Waals surface area (Å²) in [5, 5.41) is 8.94. The van der Waals surface area contributed by atoms with Gasteiger partial charge in [-0.3, -0.25) is 9.69 Å². The van der Waals surface area contributed by atoms with Crippen molar-refractivity contribution in [2.75, 3.05) is 26.3 Å². The van der Waals surface area contributed by atoms with Crippen LogP contribution in [0.1, 0.15) is 51.4 Å². The third-order valence-corrected chi connectivity index (χ3v) is 5.32. The van der Waals surface area contributed by atoms with Gasteiger partial charge in [0.25, 0.3) is 0 Å². The van der Waals surface area contributed by atoms with Crippen molar-refractivity contribution in [2.45, 2.75) is 69.1 Å². The lowest BCUT2D eigenvalue weighted by Crippen LogP contribution is -2.54. The van der Waals surface area contributed by atoms with Crippen LogP contribution in [-0.4, -0.2) is 60.0 Å². The minimum atomic E-state index is -0.766. The maximum atomic E-state index is 10.9. The van der Waals surface area contributed by atoms with Crippen LogP contribution in [-0.2, 0) is 14.3 Å². The summed E-state index contributed by atoms with van der Waals surface area (Å²) in [6.45, 7) is 3.19. The highest BCUT2D eigenvalue weighted by Crippen LogP contribution is 2.40. The molecule has 2 atom stereocenters. The first-order valence-electron chi connectivity index (χ1n) is 8.38. The van der Waals surface area contributed by atoms with Crippen molar-refractivity contribution in [3.05, 3.63) is 0 Å². The molecule has 3 fully saturated rings. The molecule has 3 aliphatic rings. The number of carboxylic acids is 1. The minimum Gasteiger partial charge on any atom is -0.481 e. The minimum absolute atomic E-state index is 0.113. The van der Waals surface area contributed by atoms with E-state index in [2.05, 4.69) is 4.90 Å². The van der Waals surface area contributed by atoms with Gasteiger partial charge in [0.2, 0.25) is 0 Å². The molecule has 2 aliphatic heterocycles. The molecule has 0 aromatic rings. The third-order valence-electron chi connectivity index (χ3n) is 5.32. The topological polar surface area (TPSA) is 59.0 Å². The Morgan fingerprint density at radius 2 is 2.05 bits per heavy atom. The lowest BCUT2D eigenvalue weighted by molar-refractivity contribution is -0.149. The van der Waals surface area contributed by atoms with Gasteiger partial charge < -0.3 is 14.6 Å². The smallest absolute Gasteiger partial charge is 0.306 e. The van der Waals surface area contributed by atoms with E-state index in [-0.39, 0.29) is 18.1 Å². The molecule has 0 aromatic carbocycles. The fourth-order valence-electron chi connectivity index (χ4n) is 4.25. The second-order valence-corrected chi connectivity index (χ2v) is 6.82. The van der Waals surface area contributed by atoms with Gasteiger partial charge in [-0.25, -0.2) is 0 Å². The van der Waals surface area contributed by atoms with Crippen molar-refractivity contribution in [1.82, 2.24) is 4.90 Å². The molecule has 1 aliphatic carbocycles. The Bertz CT molecular complexity index is 362. The summed E-state index contributed by atoms with van der Waals surface area (Å²) in [7, 11) is 0. The van der Waals surface area contributed by atoms with Crippen LogP contribution < -0.4 is 0 Å². The Kier molecular flexibility index (Phi) is 4.82. The van der Waals surface area contributed by atoms with Gasteiger partial charge in [-0.1, -0.05) is 19.3 Å². The maximum Gasteiger partial charge on any atom is 0.306 e. The largest absolute Gasteiger partial charge is 0.481 e. The zero-order chi connectivity index (χ0) is 14.7. The van der Waals surface area contributed by atoms with Gasteiger partial charge in [0.1, 0.15) is 0 Å². The van der Waals surface area contributed by atoms with Gasteiger partial charge in [0, 0.05) is 25.7 Å². The second-order valence-electron chi connectivity index (χ2n) is 6.82. The summed E-state index contributed by atoms with van der Waals surface area (Å²) in [6, 6.07) is 0.539. The average molecular weight is 297 g/mol. The summed E-state index contributed by atoms with van der Waals surface area (Å²) in [5.74, 6) is -0.766. The number of hydrogen-bond donors (Lipinski definition) is 1. The van der Waals surface area contributed by atoms with Crippen LogP contribution >= 0.6 is 0 Å². The van der Waals surface area contributed by atoms with Crippen molar-refractivity contribution in [1.29, 1.82) is 0 Å². The maximum absolute atomic E-state index is 10.9. The molecular weight excluding hydrogens is 270 g/mol. The molecule has 2 unspecified atom stereocenters. The van der Waals surface area contributed by atoms with E-state index in [1.807, 2.05) is 0 Å². The first-order chi connectivity index (χ1) is 10.2. The first kappa shape index (κ1) is 15.3. The summed E-state index contributed by atoms with van der Waals surface area (Å²) in [6.07, 6.45) is 8.47. The van der Waals surface area contributed by atoms with Gasteiger partial charge in [0.15, 0.2) is 0 Å². The standard InChI is InChI=1S/C16H27NO4/c18-15(19)10-14-12-17(7-9-20-14)13-4-8-21-16(11-13)5-2-1-3-6-16/h13-14H,1-12H2,(H,18,19). The lowest BCUT2D eigenvalue weighted by Gasteiger charge is -2.48. The molecule has 2 heterocycles. The summed E-state index contributed by atoms with van der Waals surface area (Å²) < 4.78 is 11.8. The van der Waals surface area contributed by atoms with Crippen molar-refractivity contribution in [3.63, 3.8) is 0 Å². The van der Waals surface area contributed by atoms with E-state index in [1.54, 1.807) is 0 Å². The monoisotopic (exact) mass is 297 g/mol. The number of hydrogen-bond acceptors (Lipinski definition) is 4. The van der Waals surface area contributed by atoms with E-state index < -0.39 is 5.97 Å². The quantitative estimate of drug-likeness (QED) is 0.864. The molecule has 0 aromatic heterocycles. The van der Waals surface area contributed by atoms with E-state index in [9.17, 15) is 4.79 Å². The fraction of sp³-hybridized carbons (Fsp3) is 0.938. The number of carboxylic acid groups (broad SMARTS) is 1. The van der Waals surface area contributed by atoms with Gasteiger partial charge in [-0.2, -0.15) is 0 Å². The number of nitrogens with zero attached hydrogens (tertiary/aromatic N) is 1. The Morgan fingerprint density at radius 1 is 1.24 bits per heavy atom. The highest BCUT2D eigenvalue weighted by atomic mass is 16.5. The molecule has 120 valence electrons. The number of carbonyl (C=O) groups is 1. The molecule has 5 heteroatoms. The fourth-order valence-corrected chi connectivity index (χ4v) is 4.25. The summed E-state index contributed by atoms with van der Waals surface area (Å²) in [5.41, 5.74) is 0.113. The molecule has 5 nitrogen and oxygen atoms in total. The molecule has 3 rings (SSSR count). The van der Waals surface area contributed by atoms with Crippen molar-refractivity contribution < 1.29 is 19.4 Å². The molecule has 1 spiro atoms. The number of rotatable bonds is 3. The second kappa shape index (κ2) is 6.63. The van der Waals surface area contributed by atoms with E-state index in [0.29, 0.717) is 12.6 Å². The Hall–Kier alpha value is -0.650. The highest BCUT2D eigenvalue weighted by Gasteiger charge is 2.41. The van der Waals surface area contributed by atoms with Crippen LogP contribution in [0.15, 0.2) is 0 Å². The molecule has 1 N–H and O–H groups in total. The summed E-state index contributed by atoms with van der Waals surface area (Å²) >= 11 is 0. The molecule has 0 amide bonds. The Labute approximate surface area is 126 Å². The Balaban J connectivity index is 1.58. The molecule has 1 saturated carbocycles. The predicted molar refractivity (Wildman–Crippen MR) is 78.4 cm³/mol. The van der Waals surface area contributed by atoms with Gasteiger partial charge in [-0.15, -0.1) is 0 Å². The SMILES string of the molecule is O=C(O)CC1CN(C2CCOC3(CCCCC3)C2)CCO1.